The molecule has 1 rings (SSSR count). The molecule has 0 aliphatic carbocycles. The van der Waals surface area contributed by atoms with Gasteiger partial charge in [0.1, 0.15) is 12.2 Å². The van der Waals surface area contributed by atoms with Crippen LogP contribution in [0.2, 0.25) is 6.55 Å². The van der Waals surface area contributed by atoms with Gasteiger partial charge in [-0.2, -0.15) is 0 Å². The van der Waals surface area contributed by atoms with E-state index in [-0.39, 0.29) is 21.9 Å². The van der Waals surface area contributed by atoms with Crippen molar-refractivity contribution in [2.24, 2.45) is 0 Å². The number of aliphatic hydroxyl groups is 3. The Morgan fingerprint density at radius 3 is 2.67 bits per heavy atom. The topological polar surface area (TPSA) is 69.9 Å². The highest BCUT2D eigenvalue weighted by molar-refractivity contribution is 6.35. The molecule has 4 nitrogen and oxygen atoms in total. The average molecular weight is 192 g/mol. The lowest BCUT2D eigenvalue weighted by Crippen LogP contribution is -2.51. The second kappa shape index (κ2) is 4.34. The Hall–Kier alpha value is 0.0569. The van der Waals surface area contributed by atoms with Gasteiger partial charge >= 0.3 is 0 Å². The molecule has 0 amide bonds. The third kappa shape index (κ3) is 2.05. The summed E-state index contributed by atoms with van der Waals surface area (Å²) in [7, 11) is -0.332. The SMILES string of the molecule is C[SiH2]C1C[C@@H](O)[C@H](O)[C@@H](CO)O1. The molecule has 12 heavy (non-hydrogen) atoms. The van der Waals surface area contributed by atoms with Crippen molar-refractivity contribution in [2.75, 3.05) is 6.61 Å². The summed E-state index contributed by atoms with van der Waals surface area (Å²) in [6.45, 7) is 1.87. The third-order valence-corrected chi connectivity index (χ3v) is 3.72. The van der Waals surface area contributed by atoms with Crippen molar-refractivity contribution < 1.29 is 20.1 Å². The molecule has 0 aromatic carbocycles. The van der Waals surface area contributed by atoms with Gasteiger partial charge in [-0.05, 0) is 6.42 Å². The molecule has 1 aliphatic heterocycles. The van der Waals surface area contributed by atoms with Crippen LogP contribution < -0.4 is 0 Å². The van der Waals surface area contributed by atoms with Gasteiger partial charge in [-0.3, -0.25) is 0 Å². The number of hydrogen-bond acceptors (Lipinski definition) is 4. The first-order valence-corrected chi connectivity index (χ1v) is 6.54. The molecule has 0 radical (unpaired) electrons. The van der Waals surface area contributed by atoms with Gasteiger partial charge < -0.3 is 20.1 Å². The summed E-state index contributed by atoms with van der Waals surface area (Å²) in [4.78, 5) is 0. The molecular weight excluding hydrogens is 176 g/mol. The molecule has 0 bridgehead atoms. The van der Waals surface area contributed by atoms with Gasteiger partial charge in [0.2, 0.25) is 0 Å². The quantitative estimate of drug-likeness (QED) is 0.444. The fraction of sp³-hybridized carbons (Fsp3) is 1.00. The summed E-state index contributed by atoms with van der Waals surface area (Å²) < 4.78 is 5.37. The highest BCUT2D eigenvalue weighted by Gasteiger charge is 2.35. The minimum Gasteiger partial charge on any atom is -0.394 e. The summed E-state index contributed by atoms with van der Waals surface area (Å²) in [5.74, 6) is 0. The number of hydrogen-bond donors (Lipinski definition) is 3. The average Bonchev–Trinajstić information content (AvgIpc) is 2.09. The maximum Gasteiger partial charge on any atom is 0.109 e. The first-order chi connectivity index (χ1) is 5.69. The zero-order chi connectivity index (χ0) is 9.14. The van der Waals surface area contributed by atoms with E-state index in [1.54, 1.807) is 0 Å². The van der Waals surface area contributed by atoms with Gasteiger partial charge in [-0.25, -0.2) is 0 Å². The van der Waals surface area contributed by atoms with E-state index in [1.165, 1.54) is 0 Å². The summed E-state index contributed by atoms with van der Waals surface area (Å²) in [5, 5.41) is 27.5. The third-order valence-electron chi connectivity index (χ3n) is 2.28. The van der Waals surface area contributed by atoms with Gasteiger partial charge in [-0.1, -0.05) is 6.55 Å². The van der Waals surface area contributed by atoms with Crippen LogP contribution in [0.4, 0.5) is 0 Å². The van der Waals surface area contributed by atoms with E-state index < -0.39 is 18.3 Å². The van der Waals surface area contributed by atoms with Crippen LogP contribution in [0.5, 0.6) is 0 Å². The molecule has 72 valence electrons. The maximum absolute atomic E-state index is 9.36. The Bertz CT molecular complexity index is 143. The van der Waals surface area contributed by atoms with Gasteiger partial charge in [0.15, 0.2) is 0 Å². The predicted molar refractivity (Wildman–Crippen MR) is 46.8 cm³/mol. The van der Waals surface area contributed by atoms with E-state index >= 15 is 0 Å². The lowest BCUT2D eigenvalue weighted by Gasteiger charge is -2.35. The molecule has 3 N–H and O–H groups in total. The van der Waals surface area contributed by atoms with Crippen LogP contribution in [-0.4, -0.2) is 55.5 Å². The smallest absolute Gasteiger partial charge is 0.109 e. The van der Waals surface area contributed by atoms with Crippen LogP contribution in [0, 0.1) is 0 Å². The molecule has 1 fully saturated rings. The van der Waals surface area contributed by atoms with Crippen molar-refractivity contribution >= 4 is 9.52 Å². The van der Waals surface area contributed by atoms with Crippen molar-refractivity contribution in [3.8, 4) is 0 Å². The molecule has 1 aliphatic rings. The zero-order valence-electron chi connectivity index (χ0n) is 7.18. The summed E-state index contributed by atoms with van der Waals surface area (Å²) >= 11 is 0. The van der Waals surface area contributed by atoms with E-state index in [0.29, 0.717) is 6.42 Å². The second-order valence-electron chi connectivity index (χ2n) is 3.18. The van der Waals surface area contributed by atoms with E-state index in [0.717, 1.165) is 0 Å². The Morgan fingerprint density at radius 2 is 2.17 bits per heavy atom. The predicted octanol–water partition coefficient (Wildman–Crippen LogP) is -1.97. The normalized spacial score (nSPS) is 44.0. The largest absolute Gasteiger partial charge is 0.394 e. The van der Waals surface area contributed by atoms with E-state index in [2.05, 4.69) is 6.55 Å². The zero-order valence-corrected chi connectivity index (χ0v) is 8.59. The van der Waals surface area contributed by atoms with Crippen LogP contribution >= 0.6 is 0 Å². The molecular formula is C7H16O4Si. The molecule has 1 heterocycles. The highest BCUT2D eigenvalue weighted by Crippen LogP contribution is 2.19. The van der Waals surface area contributed by atoms with Crippen molar-refractivity contribution in [3.05, 3.63) is 0 Å². The van der Waals surface area contributed by atoms with E-state index in [1.807, 2.05) is 0 Å². The summed E-state index contributed by atoms with van der Waals surface area (Å²) in [5.41, 5.74) is 0.0977. The van der Waals surface area contributed by atoms with E-state index in [9.17, 15) is 10.2 Å². The van der Waals surface area contributed by atoms with Gasteiger partial charge in [0, 0.05) is 5.73 Å². The molecule has 0 spiro atoms. The Morgan fingerprint density at radius 1 is 1.50 bits per heavy atom. The summed E-state index contributed by atoms with van der Waals surface area (Å²) in [6.07, 6.45) is -1.73. The molecule has 0 aromatic rings. The maximum atomic E-state index is 9.36. The number of rotatable bonds is 2. The van der Waals surface area contributed by atoms with Crippen molar-refractivity contribution in [3.63, 3.8) is 0 Å². The number of ether oxygens (including phenoxy) is 1. The fourth-order valence-electron chi connectivity index (χ4n) is 1.45. The van der Waals surface area contributed by atoms with Crippen LogP contribution in [0.15, 0.2) is 0 Å². The van der Waals surface area contributed by atoms with Crippen molar-refractivity contribution in [2.45, 2.75) is 37.0 Å². The highest BCUT2D eigenvalue weighted by atomic mass is 28.2. The minimum atomic E-state index is -0.924. The van der Waals surface area contributed by atoms with Gasteiger partial charge in [0.25, 0.3) is 0 Å². The molecule has 1 unspecified atom stereocenters. The van der Waals surface area contributed by atoms with Crippen LogP contribution in [0.25, 0.3) is 0 Å². The molecule has 1 saturated heterocycles. The first-order valence-electron chi connectivity index (χ1n) is 4.31. The monoisotopic (exact) mass is 192 g/mol. The van der Waals surface area contributed by atoms with E-state index in [4.69, 9.17) is 9.84 Å². The Labute approximate surface area is 74.0 Å². The van der Waals surface area contributed by atoms with Crippen molar-refractivity contribution in [1.82, 2.24) is 0 Å². The number of aliphatic hydroxyl groups excluding tert-OH is 3. The molecule has 4 atom stereocenters. The summed E-state index contributed by atoms with van der Waals surface area (Å²) in [6, 6.07) is 0. The fourth-order valence-corrected chi connectivity index (χ4v) is 2.57. The minimum absolute atomic E-state index is 0.0977. The lowest BCUT2D eigenvalue weighted by atomic mass is 10.0. The van der Waals surface area contributed by atoms with Gasteiger partial charge in [0.05, 0.1) is 22.2 Å². The van der Waals surface area contributed by atoms with Gasteiger partial charge in [-0.15, -0.1) is 0 Å². The second-order valence-corrected chi connectivity index (χ2v) is 4.91. The standard InChI is InChI=1S/C7H16O4Si/c1-12-6-2-4(9)7(10)5(3-8)11-6/h4-10H,2-3,12H2,1H3/t4-,5-,6?,7+/m1/s1. The lowest BCUT2D eigenvalue weighted by molar-refractivity contribution is -0.160. The molecule has 5 heteroatoms. The van der Waals surface area contributed by atoms with Crippen molar-refractivity contribution in [1.29, 1.82) is 0 Å². The van der Waals surface area contributed by atoms with Crippen LogP contribution in [0.1, 0.15) is 6.42 Å². The molecule has 0 aromatic heterocycles. The Balaban J connectivity index is 2.52. The van der Waals surface area contributed by atoms with Crippen LogP contribution in [0.3, 0.4) is 0 Å². The first kappa shape index (κ1) is 10.1. The van der Waals surface area contributed by atoms with Crippen LogP contribution in [-0.2, 0) is 4.74 Å². The Kier molecular flexibility index (Phi) is 3.67. The molecule has 0 saturated carbocycles.